The SMILES string of the molecule is O=C(OC1C2CCC(C2)C1OS(=O)[O-])OC12CC3CC(CC(COC(=O)C(F)(F)S(=O)(=O)O)(C3)C1)C2. The van der Waals surface area contributed by atoms with Crippen molar-refractivity contribution in [3.63, 3.8) is 0 Å². The summed E-state index contributed by atoms with van der Waals surface area (Å²) in [7, 11) is -5.98. The van der Waals surface area contributed by atoms with Crippen LogP contribution in [0.4, 0.5) is 13.6 Å². The lowest BCUT2D eigenvalue weighted by molar-refractivity contribution is -0.201. The van der Waals surface area contributed by atoms with Crippen LogP contribution in [0.15, 0.2) is 0 Å². The Morgan fingerprint density at radius 2 is 1.67 bits per heavy atom. The van der Waals surface area contributed by atoms with Crippen LogP contribution in [0.3, 0.4) is 0 Å². The number of esters is 1. The van der Waals surface area contributed by atoms with Crippen LogP contribution in [0.1, 0.15) is 57.8 Å². The van der Waals surface area contributed by atoms with Crippen molar-refractivity contribution in [2.24, 2.45) is 29.1 Å². The number of hydrogen-bond donors (Lipinski definition) is 1. The van der Waals surface area contributed by atoms with Gasteiger partial charge in [-0.3, -0.25) is 8.74 Å². The molecule has 36 heavy (non-hydrogen) atoms. The highest BCUT2D eigenvalue weighted by molar-refractivity contribution is 7.87. The lowest BCUT2D eigenvalue weighted by Crippen LogP contribution is -2.59. The number of carbonyl (C=O) groups excluding carboxylic acids is 2. The fourth-order valence-electron chi connectivity index (χ4n) is 7.95. The van der Waals surface area contributed by atoms with Gasteiger partial charge in [0.15, 0.2) is 0 Å². The number of rotatable bonds is 8. The molecule has 6 fully saturated rings. The van der Waals surface area contributed by atoms with Crippen molar-refractivity contribution in [2.75, 3.05) is 6.61 Å². The Morgan fingerprint density at radius 3 is 2.25 bits per heavy atom. The Hall–Kier alpha value is -1.42. The van der Waals surface area contributed by atoms with Crippen LogP contribution >= 0.6 is 0 Å². The van der Waals surface area contributed by atoms with Gasteiger partial charge >= 0.3 is 27.5 Å². The molecule has 6 aliphatic carbocycles. The molecule has 7 atom stereocenters. The molecular formula is C21H27F2O11S2-. The minimum absolute atomic E-state index is 0.0240. The van der Waals surface area contributed by atoms with E-state index >= 15 is 0 Å². The molecule has 0 amide bonds. The van der Waals surface area contributed by atoms with E-state index < -0.39 is 68.7 Å². The van der Waals surface area contributed by atoms with Crippen LogP contribution in [0.25, 0.3) is 0 Å². The number of halogens is 2. The van der Waals surface area contributed by atoms with Gasteiger partial charge in [0, 0.05) is 5.41 Å². The first-order valence-electron chi connectivity index (χ1n) is 11.9. The van der Waals surface area contributed by atoms with E-state index in [1.54, 1.807) is 0 Å². The van der Waals surface area contributed by atoms with Crippen LogP contribution in [0.2, 0.25) is 0 Å². The molecule has 204 valence electrons. The summed E-state index contributed by atoms with van der Waals surface area (Å²) in [4.78, 5) is 24.6. The van der Waals surface area contributed by atoms with E-state index in [1.807, 2.05) is 0 Å². The molecule has 0 aromatic carbocycles. The molecule has 6 bridgehead atoms. The van der Waals surface area contributed by atoms with Crippen LogP contribution in [0, 0.1) is 29.1 Å². The van der Waals surface area contributed by atoms with Gasteiger partial charge in [-0.25, -0.2) is 13.8 Å². The van der Waals surface area contributed by atoms with Crippen molar-refractivity contribution in [3.05, 3.63) is 0 Å². The van der Waals surface area contributed by atoms with Crippen molar-refractivity contribution in [3.8, 4) is 0 Å². The zero-order valence-electron chi connectivity index (χ0n) is 19.1. The van der Waals surface area contributed by atoms with Gasteiger partial charge in [-0.1, -0.05) is 0 Å². The van der Waals surface area contributed by atoms with Crippen molar-refractivity contribution >= 4 is 33.6 Å². The molecule has 6 rings (SSSR count). The maximum atomic E-state index is 13.7. The fourth-order valence-corrected chi connectivity index (χ4v) is 8.66. The third-order valence-electron chi connectivity index (χ3n) is 8.69. The molecule has 0 heterocycles. The Labute approximate surface area is 208 Å². The second-order valence-electron chi connectivity index (χ2n) is 11.2. The van der Waals surface area contributed by atoms with Gasteiger partial charge < -0.3 is 18.8 Å². The molecule has 1 N–H and O–H groups in total. The van der Waals surface area contributed by atoms with Crippen molar-refractivity contribution in [1.82, 2.24) is 0 Å². The second kappa shape index (κ2) is 8.82. The molecule has 6 aliphatic rings. The average molecular weight is 558 g/mol. The second-order valence-corrected chi connectivity index (χ2v) is 13.3. The number of alkyl halides is 2. The molecule has 0 radical (unpaired) electrons. The van der Waals surface area contributed by atoms with Gasteiger partial charge in [-0.15, -0.1) is 0 Å². The van der Waals surface area contributed by atoms with Crippen molar-refractivity contribution in [1.29, 1.82) is 0 Å². The summed E-state index contributed by atoms with van der Waals surface area (Å²) in [5.41, 5.74) is -1.75. The highest BCUT2D eigenvalue weighted by Gasteiger charge is 2.62. The number of fused-ring (bicyclic) bond motifs is 2. The molecule has 15 heteroatoms. The first-order valence-corrected chi connectivity index (χ1v) is 14.3. The molecule has 0 aromatic rings. The van der Waals surface area contributed by atoms with E-state index in [0.29, 0.717) is 32.1 Å². The fraction of sp³-hybridized carbons (Fsp3) is 0.905. The number of hydrogen-bond acceptors (Lipinski definition) is 10. The molecule has 0 saturated heterocycles. The Kier molecular flexibility index (Phi) is 6.42. The minimum atomic E-state index is -5.98. The first kappa shape index (κ1) is 26.2. The third kappa shape index (κ3) is 4.65. The number of carbonyl (C=O) groups is 2. The van der Waals surface area contributed by atoms with E-state index in [4.69, 9.17) is 18.2 Å². The summed E-state index contributed by atoms with van der Waals surface area (Å²) in [6.07, 6.45) is 2.97. The maximum absolute atomic E-state index is 13.7. The van der Waals surface area contributed by atoms with Crippen LogP contribution in [0.5, 0.6) is 0 Å². The van der Waals surface area contributed by atoms with E-state index in [-0.39, 0.29) is 30.1 Å². The smallest absolute Gasteiger partial charge is 0.509 e. The summed E-state index contributed by atoms with van der Waals surface area (Å²) in [6.45, 7) is -0.498. The van der Waals surface area contributed by atoms with Crippen molar-refractivity contribution < 1.29 is 58.5 Å². The lowest BCUT2D eigenvalue weighted by Gasteiger charge is -2.60. The maximum Gasteiger partial charge on any atom is 0.509 e. The largest absolute Gasteiger partial charge is 0.750 e. The molecule has 0 aromatic heterocycles. The Bertz CT molecular complexity index is 1050. The van der Waals surface area contributed by atoms with Gasteiger partial charge in [-0.05, 0) is 81.5 Å². The zero-order valence-corrected chi connectivity index (χ0v) is 20.8. The van der Waals surface area contributed by atoms with E-state index in [9.17, 15) is 35.5 Å². The molecule has 6 saturated carbocycles. The standard InChI is InChI=1S/C21H28F2O11S2/c22-21(23,36(28,29)30)17(24)31-10-19-5-11-3-12(6-19)8-20(7-11,9-19)33-18(25)32-15-13-1-2-14(4-13)16(15)34-35(26)27/h11-16H,1-10H2,(H,26,27)(H,28,29,30)/p-1. The minimum Gasteiger partial charge on any atom is -0.750 e. The summed E-state index contributed by atoms with van der Waals surface area (Å²) in [5.74, 6) is -2.23. The number of ether oxygens (including phenoxy) is 3. The van der Waals surface area contributed by atoms with Crippen molar-refractivity contribution in [2.45, 2.75) is 80.9 Å². The van der Waals surface area contributed by atoms with Crippen LogP contribution in [-0.2, 0) is 44.7 Å². The van der Waals surface area contributed by atoms with E-state index in [1.165, 1.54) is 0 Å². The van der Waals surface area contributed by atoms with Gasteiger partial charge in [-0.2, -0.15) is 17.2 Å². The predicted octanol–water partition coefficient (Wildman–Crippen LogP) is 2.48. The summed E-state index contributed by atoms with van der Waals surface area (Å²) in [5, 5.41) is -5.08. The van der Waals surface area contributed by atoms with Crippen LogP contribution in [-0.4, -0.2) is 63.5 Å². The Balaban J connectivity index is 1.25. The van der Waals surface area contributed by atoms with Gasteiger partial charge in [0.05, 0.1) is 18.0 Å². The zero-order chi connectivity index (χ0) is 26.1. The molecule has 11 nitrogen and oxygen atoms in total. The average Bonchev–Trinajstić information content (AvgIpc) is 3.32. The monoisotopic (exact) mass is 557 g/mol. The predicted molar refractivity (Wildman–Crippen MR) is 113 cm³/mol. The molecule has 0 aliphatic heterocycles. The summed E-state index contributed by atoms with van der Waals surface area (Å²) < 4.78 is 101. The van der Waals surface area contributed by atoms with Gasteiger partial charge in [0.25, 0.3) is 0 Å². The van der Waals surface area contributed by atoms with Gasteiger partial charge in [0.1, 0.15) is 17.8 Å². The van der Waals surface area contributed by atoms with Gasteiger partial charge in [0.2, 0.25) is 0 Å². The highest BCUT2D eigenvalue weighted by Crippen LogP contribution is 2.63. The van der Waals surface area contributed by atoms with E-state index in [2.05, 4.69) is 4.74 Å². The van der Waals surface area contributed by atoms with Crippen LogP contribution < -0.4 is 0 Å². The normalized spacial score (nSPS) is 41.8. The Morgan fingerprint density at radius 1 is 1.06 bits per heavy atom. The van der Waals surface area contributed by atoms with E-state index in [0.717, 1.165) is 19.3 Å². The molecule has 7 unspecified atom stereocenters. The molecule has 0 spiro atoms. The highest BCUT2D eigenvalue weighted by atomic mass is 32.2. The summed E-state index contributed by atoms with van der Waals surface area (Å²) in [6, 6.07) is 0. The quantitative estimate of drug-likeness (QED) is 0.265. The third-order valence-corrected chi connectivity index (χ3v) is 9.88. The first-order chi connectivity index (χ1) is 16.7. The lowest BCUT2D eigenvalue weighted by atomic mass is 9.48. The topological polar surface area (TPSA) is 166 Å². The summed E-state index contributed by atoms with van der Waals surface area (Å²) >= 11 is -2.76. The molecular weight excluding hydrogens is 530 g/mol.